The normalized spacial score (nSPS) is 11.9. The Labute approximate surface area is 350 Å². The first-order valence-electron chi connectivity index (χ1n) is 19.9. The number of anilines is 6. The van der Waals surface area contributed by atoms with E-state index in [9.17, 15) is 0 Å². The molecule has 5 heterocycles. The summed E-state index contributed by atoms with van der Waals surface area (Å²) in [7, 11) is 0. The third kappa shape index (κ3) is 5.29. The molecule has 0 bridgehead atoms. The van der Waals surface area contributed by atoms with Crippen molar-refractivity contribution in [3.05, 3.63) is 176 Å². The third-order valence-corrected chi connectivity index (χ3v) is 12.5. The number of furan rings is 2. The molecule has 10 heteroatoms. The zero-order valence-electron chi connectivity index (χ0n) is 32.1. The van der Waals surface area contributed by atoms with Crippen LogP contribution in [0.5, 0.6) is 0 Å². The Hall–Kier alpha value is -8.21. The van der Waals surface area contributed by atoms with Crippen molar-refractivity contribution in [1.82, 2.24) is 25.4 Å². The molecule has 0 unspecified atom stereocenters. The largest absolute Gasteiger partial charge is 0.456 e. The summed E-state index contributed by atoms with van der Waals surface area (Å²) in [5.74, 6) is 1.08. The lowest BCUT2D eigenvalue weighted by molar-refractivity contribution is 0.668. The van der Waals surface area contributed by atoms with Crippen LogP contribution in [-0.2, 0) is 0 Å². The van der Waals surface area contributed by atoms with Crippen molar-refractivity contribution in [3.63, 3.8) is 0 Å². The molecule has 13 aromatic rings. The minimum absolute atomic E-state index is 0.426. The first kappa shape index (κ1) is 33.7. The number of thiophene rings is 1. The number of benzene rings is 8. The molecule has 0 aliphatic heterocycles. The lowest BCUT2D eigenvalue weighted by Gasteiger charge is -2.25. The molecule has 5 aromatic heterocycles. The number of aromatic nitrogens is 5. The second kappa shape index (κ2) is 13.2. The van der Waals surface area contributed by atoms with Crippen LogP contribution < -0.4 is 9.80 Å². The highest BCUT2D eigenvalue weighted by Gasteiger charge is 2.24. The van der Waals surface area contributed by atoms with Gasteiger partial charge < -0.3 is 8.83 Å². The van der Waals surface area contributed by atoms with Crippen LogP contribution in [0.2, 0.25) is 0 Å². The van der Waals surface area contributed by atoms with E-state index < -0.39 is 0 Å². The van der Waals surface area contributed by atoms with Crippen molar-refractivity contribution < 1.29 is 8.83 Å². The number of rotatable bonds is 6. The van der Waals surface area contributed by atoms with Gasteiger partial charge in [0.15, 0.2) is 16.2 Å². The molecule has 61 heavy (non-hydrogen) atoms. The molecular formula is C51H29N7O2S. The maximum absolute atomic E-state index is 6.37. The third-order valence-electron chi connectivity index (χ3n) is 11.5. The molecule has 0 fully saturated rings. The van der Waals surface area contributed by atoms with E-state index in [1.54, 1.807) is 0 Å². The van der Waals surface area contributed by atoms with Crippen LogP contribution in [0.3, 0.4) is 0 Å². The van der Waals surface area contributed by atoms with E-state index in [2.05, 4.69) is 137 Å². The lowest BCUT2D eigenvalue weighted by atomic mass is 10.1. The van der Waals surface area contributed by atoms with E-state index in [0.29, 0.717) is 27.6 Å². The minimum Gasteiger partial charge on any atom is -0.456 e. The van der Waals surface area contributed by atoms with Gasteiger partial charge in [0.25, 0.3) is 5.95 Å². The fourth-order valence-corrected chi connectivity index (χ4v) is 9.68. The lowest BCUT2D eigenvalue weighted by Crippen LogP contribution is -2.14. The van der Waals surface area contributed by atoms with Crippen LogP contribution >= 0.6 is 11.3 Å². The van der Waals surface area contributed by atoms with Crippen LogP contribution in [0.1, 0.15) is 0 Å². The summed E-state index contributed by atoms with van der Waals surface area (Å²) < 4.78 is 13.6. The topological polar surface area (TPSA) is 97.2 Å². The van der Waals surface area contributed by atoms with E-state index in [1.165, 1.54) is 11.3 Å². The second-order valence-electron chi connectivity index (χ2n) is 15.0. The van der Waals surface area contributed by atoms with Gasteiger partial charge in [0.05, 0.1) is 27.4 Å². The molecule has 0 atom stereocenters. The molecule has 0 radical (unpaired) electrons. The van der Waals surface area contributed by atoms with E-state index >= 15 is 0 Å². The maximum Gasteiger partial charge on any atom is 0.255 e. The van der Waals surface area contributed by atoms with Crippen LogP contribution in [-0.4, -0.2) is 25.4 Å². The maximum atomic E-state index is 6.37. The number of nitrogens with zero attached hydrogens (tertiary/aromatic N) is 7. The Morgan fingerprint density at radius 2 is 0.902 bits per heavy atom. The van der Waals surface area contributed by atoms with Crippen LogP contribution in [0.4, 0.5) is 34.5 Å². The molecular weight excluding hydrogens is 775 g/mol. The van der Waals surface area contributed by atoms with Gasteiger partial charge in [0.2, 0.25) is 0 Å². The average Bonchev–Trinajstić information content (AvgIpc) is 3.99. The fraction of sp³-hybridized carbons (Fsp3) is 0. The van der Waals surface area contributed by atoms with Crippen molar-refractivity contribution >= 4 is 132 Å². The summed E-state index contributed by atoms with van der Waals surface area (Å²) in [4.78, 5) is 10.1. The first-order chi connectivity index (χ1) is 30.2. The summed E-state index contributed by atoms with van der Waals surface area (Å²) in [5, 5.41) is 27.9. The van der Waals surface area contributed by atoms with Crippen molar-refractivity contribution in [2.45, 2.75) is 0 Å². The SMILES string of the molecule is c1ccc2c(N(c3ccc4c(c3)oc3ccccc34)c3cc4sc5nc(N(c6ccc7c(c6)oc6ccccc67)c6cccc7ccccc67)nnc5c4nn3)cccc2c1. The Morgan fingerprint density at radius 3 is 1.54 bits per heavy atom. The van der Waals surface area contributed by atoms with Gasteiger partial charge in [-0.25, -0.2) is 0 Å². The van der Waals surface area contributed by atoms with Crippen molar-refractivity contribution in [2.75, 3.05) is 9.80 Å². The van der Waals surface area contributed by atoms with Gasteiger partial charge in [-0.3, -0.25) is 9.80 Å². The highest BCUT2D eigenvalue weighted by molar-refractivity contribution is 7.25. The van der Waals surface area contributed by atoms with E-state index in [1.807, 2.05) is 48.5 Å². The van der Waals surface area contributed by atoms with Crippen molar-refractivity contribution in [3.8, 4) is 0 Å². The molecule has 13 rings (SSSR count). The van der Waals surface area contributed by atoms with Gasteiger partial charge in [-0.15, -0.1) is 31.7 Å². The van der Waals surface area contributed by atoms with Crippen LogP contribution in [0.15, 0.2) is 185 Å². The fourth-order valence-electron chi connectivity index (χ4n) is 8.71. The van der Waals surface area contributed by atoms with Crippen molar-refractivity contribution in [2.24, 2.45) is 0 Å². The summed E-state index contributed by atoms with van der Waals surface area (Å²) >= 11 is 1.52. The smallest absolute Gasteiger partial charge is 0.255 e. The Kier molecular flexibility index (Phi) is 7.27. The van der Waals surface area contributed by atoms with Gasteiger partial charge in [-0.2, -0.15) is 4.98 Å². The Bertz CT molecular complexity index is 3630. The Balaban J connectivity index is 0.981. The van der Waals surface area contributed by atoms with Gasteiger partial charge in [0.1, 0.15) is 27.8 Å². The summed E-state index contributed by atoms with van der Waals surface area (Å²) in [6, 6.07) is 60.1. The quantitative estimate of drug-likeness (QED) is 0.163. The molecule has 0 saturated heterocycles. The minimum atomic E-state index is 0.426. The molecule has 286 valence electrons. The highest BCUT2D eigenvalue weighted by atomic mass is 32.1. The van der Waals surface area contributed by atoms with E-state index in [-0.39, 0.29) is 0 Å². The predicted octanol–water partition coefficient (Wildman–Crippen LogP) is 14.1. The summed E-state index contributed by atoms with van der Waals surface area (Å²) in [6.45, 7) is 0. The molecule has 8 aromatic carbocycles. The molecule has 9 nitrogen and oxygen atoms in total. The summed E-state index contributed by atoms with van der Waals surface area (Å²) in [6.07, 6.45) is 0. The van der Waals surface area contributed by atoms with Crippen LogP contribution in [0, 0.1) is 0 Å². The number of fused-ring (bicyclic) bond motifs is 11. The molecule has 0 spiro atoms. The van der Waals surface area contributed by atoms with Gasteiger partial charge in [0, 0.05) is 50.5 Å². The van der Waals surface area contributed by atoms with Gasteiger partial charge in [-0.1, -0.05) is 109 Å². The van der Waals surface area contributed by atoms with Crippen molar-refractivity contribution in [1.29, 1.82) is 0 Å². The molecule has 0 N–H and O–H groups in total. The van der Waals surface area contributed by atoms with Gasteiger partial charge in [-0.05, 0) is 59.3 Å². The standard InChI is InChI=1S/C51H29N7O2S/c1-3-15-34-30(11-1)13-9-19-40(34)57(32-23-25-38-36-17-5-7-21-42(36)59-44(38)27-32)47-29-46-48(54-53-47)49-50(61-46)52-51(56-55-49)58(41-20-10-14-31-12-2-4-16-35(31)41)33-24-26-39-37-18-6-8-22-43(37)60-45(39)28-33/h1-29H. The average molecular weight is 804 g/mol. The molecule has 0 saturated carbocycles. The number of hydrogen-bond donors (Lipinski definition) is 0. The zero-order chi connectivity index (χ0) is 40.0. The molecule has 0 aliphatic rings. The van der Waals surface area contributed by atoms with Crippen LogP contribution in [0.25, 0.3) is 86.0 Å². The molecule has 0 aliphatic carbocycles. The van der Waals surface area contributed by atoms with E-state index in [4.69, 9.17) is 34.2 Å². The number of hydrogen-bond acceptors (Lipinski definition) is 10. The zero-order valence-corrected chi connectivity index (χ0v) is 32.9. The Morgan fingerprint density at radius 1 is 0.393 bits per heavy atom. The van der Waals surface area contributed by atoms with Gasteiger partial charge >= 0.3 is 0 Å². The van der Waals surface area contributed by atoms with E-state index in [0.717, 1.165) is 92.9 Å². The summed E-state index contributed by atoms with van der Waals surface area (Å²) in [5.41, 5.74) is 8.12. The first-order valence-corrected chi connectivity index (χ1v) is 20.7. The molecule has 0 amide bonds. The second-order valence-corrected chi connectivity index (χ2v) is 16.0. The highest BCUT2D eigenvalue weighted by Crippen LogP contribution is 2.44. The predicted molar refractivity (Wildman–Crippen MR) is 247 cm³/mol. The monoisotopic (exact) mass is 803 g/mol. The number of para-hydroxylation sites is 2.